The molecule has 0 rings (SSSR count). The van der Waals surface area contributed by atoms with Crippen molar-refractivity contribution in [1.82, 2.24) is 0 Å². The van der Waals surface area contributed by atoms with E-state index < -0.39 is 0 Å². The summed E-state index contributed by atoms with van der Waals surface area (Å²) in [6.45, 7) is 7.59. The summed E-state index contributed by atoms with van der Waals surface area (Å²) in [6, 6.07) is 0. The van der Waals surface area contributed by atoms with Gasteiger partial charge >= 0.3 is 5.97 Å². The number of esters is 1. The van der Waals surface area contributed by atoms with Gasteiger partial charge in [-0.25, -0.2) is 0 Å². The molecule has 0 saturated carbocycles. The molecular weight excluding hydrogens is 548 g/mol. The van der Waals surface area contributed by atoms with Gasteiger partial charge in [-0.3, -0.25) is 4.79 Å². The first-order chi connectivity index (χ1) is 22.2. The van der Waals surface area contributed by atoms with Crippen LogP contribution in [-0.4, -0.2) is 12.6 Å². The molecule has 0 aromatic rings. The maximum Gasteiger partial charge on any atom is 0.305 e. The monoisotopic (exact) mass is 633 g/mol. The Labute approximate surface area is 285 Å². The molecule has 0 spiro atoms. The molecule has 45 heavy (non-hydrogen) atoms. The normalized spacial score (nSPS) is 11.7. The number of ether oxygens (including phenoxy) is 1. The molecule has 0 N–H and O–H groups in total. The van der Waals surface area contributed by atoms with Gasteiger partial charge in [-0.05, 0) is 44.4 Å². The molecule has 0 aromatic heterocycles. The van der Waals surface area contributed by atoms with E-state index in [1.807, 2.05) is 0 Å². The largest absolute Gasteiger partial charge is 0.466 e. The van der Waals surface area contributed by atoms with Crippen LogP contribution in [0.25, 0.3) is 0 Å². The predicted octanol–water partition coefficient (Wildman–Crippen LogP) is 15.4. The predicted molar refractivity (Wildman–Crippen MR) is 202 cm³/mol. The van der Waals surface area contributed by atoms with Crippen LogP contribution in [0.1, 0.15) is 245 Å². The average Bonchev–Trinajstić information content (AvgIpc) is 3.03. The minimum absolute atomic E-state index is 0.0193. The van der Waals surface area contributed by atoms with Crippen molar-refractivity contribution in [1.29, 1.82) is 0 Å². The number of rotatable bonds is 38. The highest BCUT2D eigenvalue weighted by atomic mass is 16.5. The van der Waals surface area contributed by atoms with Crippen molar-refractivity contribution >= 4 is 5.97 Å². The fourth-order valence-corrected chi connectivity index (χ4v) is 6.43. The highest BCUT2D eigenvalue weighted by molar-refractivity contribution is 5.69. The van der Waals surface area contributed by atoms with Crippen molar-refractivity contribution in [3.8, 4) is 0 Å². The molecule has 268 valence electrons. The van der Waals surface area contributed by atoms with Gasteiger partial charge in [0.25, 0.3) is 0 Å². The van der Waals surface area contributed by atoms with E-state index in [4.69, 9.17) is 4.74 Å². The second kappa shape index (κ2) is 39.4. The Morgan fingerprint density at radius 2 is 0.778 bits per heavy atom. The van der Waals surface area contributed by atoms with Crippen LogP contribution < -0.4 is 0 Å². The van der Waals surface area contributed by atoms with Gasteiger partial charge in [-0.15, -0.1) is 0 Å². The topological polar surface area (TPSA) is 26.3 Å². The van der Waals surface area contributed by atoms with Crippen LogP contribution in [0.2, 0.25) is 0 Å². The molecule has 2 heteroatoms. The SMILES string of the molecule is CCCCCCCCC=CCCCCCCCC(=O)OCCCCCCCCCCCCCCCCCCCCCCC(C)C. The van der Waals surface area contributed by atoms with Crippen LogP contribution in [-0.2, 0) is 9.53 Å². The van der Waals surface area contributed by atoms with E-state index in [1.165, 1.54) is 199 Å². The van der Waals surface area contributed by atoms with Crippen LogP contribution in [0.15, 0.2) is 12.2 Å². The van der Waals surface area contributed by atoms with Gasteiger partial charge in [0, 0.05) is 6.42 Å². The third-order valence-corrected chi connectivity index (χ3v) is 9.58. The van der Waals surface area contributed by atoms with Crippen molar-refractivity contribution < 1.29 is 9.53 Å². The number of carbonyl (C=O) groups is 1. The van der Waals surface area contributed by atoms with E-state index >= 15 is 0 Å². The molecule has 0 unspecified atom stereocenters. The quantitative estimate of drug-likeness (QED) is 0.0384. The zero-order chi connectivity index (χ0) is 32.7. The van der Waals surface area contributed by atoms with Crippen LogP contribution in [0.4, 0.5) is 0 Å². The second-order valence-corrected chi connectivity index (χ2v) is 14.8. The van der Waals surface area contributed by atoms with E-state index in [9.17, 15) is 4.79 Å². The minimum Gasteiger partial charge on any atom is -0.466 e. The maximum atomic E-state index is 12.0. The first-order valence-corrected chi connectivity index (χ1v) is 21.0. The van der Waals surface area contributed by atoms with Crippen LogP contribution in [0.5, 0.6) is 0 Å². The summed E-state index contributed by atoms with van der Waals surface area (Å²) in [6.07, 6.45) is 51.6. The van der Waals surface area contributed by atoms with Gasteiger partial charge in [0.1, 0.15) is 0 Å². The Balaban J connectivity index is 3.17. The summed E-state index contributed by atoms with van der Waals surface area (Å²) in [4.78, 5) is 12.0. The second-order valence-electron chi connectivity index (χ2n) is 14.8. The van der Waals surface area contributed by atoms with Gasteiger partial charge in [-0.1, -0.05) is 213 Å². The number of carbonyl (C=O) groups excluding carboxylic acids is 1. The lowest BCUT2D eigenvalue weighted by molar-refractivity contribution is -0.143. The van der Waals surface area contributed by atoms with E-state index in [-0.39, 0.29) is 5.97 Å². The standard InChI is InChI=1S/C43H84O2/c1-4-5-6-7-8-9-10-11-18-22-25-28-31-34-37-40-43(44)45-41-38-35-32-29-26-23-20-17-15-13-12-14-16-19-21-24-27-30-33-36-39-42(2)3/h11,18,42H,4-10,12-17,19-41H2,1-3H3. The lowest BCUT2D eigenvalue weighted by Crippen LogP contribution is -2.05. The van der Waals surface area contributed by atoms with Crippen molar-refractivity contribution in [3.05, 3.63) is 12.2 Å². The molecule has 0 fully saturated rings. The van der Waals surface area contributed by atoms with Gasteiger partial charge in [0.05, 0.1) is 6.61 Å². The summed E-state index contributed by atoms with van der Waals surface area (Å²) >= 11 is 0. The van der Waals surface area contributed by atoms with Crippen LogP contribution in [0.3, 0.4) is 0 Å². The summed E-state index contributed by atoms with van der Waals surface area (Å²) < 4.78 is 5.46. The van der Waals surface area contributed by atoms with Crippen molar-refractivity contribution in [3.63, 3.8) is 0 Å². The fraction of sp³-hybridized carbons (Fsp3) is 0.930. The number of hydrogen-bond donors (Lipinski definition) is 0. The minimum atomic E-state index is 0.0193. The van der Waals surface area contributed by atoms with Crippen molar-refractivity contribution in [2.75, 3.05) is 6.61 Å². The molecule has 0 aliphatic rings. The Bertz CT molecular complexity index is 580. The van der Waals surface area contributed by atoms with Crippen molar-refractivity contribution in [2.24, 2.45) is 5.92 Å². The van der Waals surface area contributed by atoms with Crippen LogP contribution in [0, 0.1) is 5.92 Å². The molecule has 0 atom stereocenters. The summed E-state index contributed by atoms with van der Waals surface area (Å²) in [5, 5.41) is 0. The first kappa shape index (κ1) is 44.2. The highest BCUT2D eigenvalue weighted by Crippen LogP contribution is 2.16. The Hall–Kier alpha value is -0.790. The van der Waals surface area contributed by atoms with Crippen LogP contribution >= 0.6 is 0 Å². The molecule has 2 nitrogen and oxygen atoms in total. The Morgan fingerprint density at radius 1 is 0.444 bits per heavy atom. The third kappa shape index (κ3) is 41.2. The molecule has 0 aromatic carbocycles. The smallest absolute Gasteiger partial charge is 0.305 e. The molecular formula is C43H84O2. The van der Waals surface area contributed by atoms with Gasteiger partial charge in [0.2, 0.25) is 0 Å². The lowest BCUT2D eigenvalue weighted by atomic mass is 10.0. The third-order valence-electron chi connectivity index (χ3n) is 9.58. The molecule has 0 aliphatic carbocycles. The van der Waals surface area contributed by atoms with Gasteiger partial charge in [-0.2, -0.15) is 0 Å². The first-order valence-electron chi connectivity index (χ1n) is 21.0. The Kier molecular flexibility index (Phi) is 38.7. The number of unbranched alkanes of at least 4 members (excludes halogenated alkanes) is 30. The Morgan fingerprint density at radius 3 is 1.18 bits per heavy atom. The molecule has 0 saturated heterocycles. The van der Waals surface area contributed by atoms with E-state index in [2.05, 4.69) is 32.9 Å². The van der Waals surface area contributed by atoms with Gasteiger partial charge < -0.3 is 4.74 Å². The molecule has 0 radical (unpaired) electrons. The summed E-state index contributed by atoms with van der Waals surface area (Å²) in [5.41, 5.74) is 0. The lowest BCUT2D eigenvalue weighted by Gasteiger charge is -2.06. The zero-order valence-electron chi connectivity index (χ0n) is 31.5. The molecule has 0 heterocycles. The summed E-state index contributed by atoms with van der Waals surface area (Å²) in [5.74, 6) is 0.902. The number of allylic oxidation sites excluding steroid dienone is 2. The molecule has 0 bridgehead atoms. The highest BCUT2D eigenvalue weighted by Gasteiger charge is 2.03. The van der Waals surface area contributed by atoms with E-state index in [0.29, 0.717) is 13.0 Å². The van der Waals surface area contributed by atoms with E-state index in [1.54, 1.807) is 0 Å². The molecule has 0 amide bonds. The number of hydrogen-bond acceptors (Lipinski definition) is 2. The maximum absolute atomic E-state index is 12.0. The summed E-state index contributed by atoms with van der Waals surface area (Å²) in [7, 11) is 0. The van der Waals surface area contributed by atoms with E-state index in [0.717, 1.165) is 25.2 Å². The average molecular weight is 633 g/mol. The zero-order valence-corrected chi connectivity index (χ0v) is 31.5. The fourth-order valence-electron chi connectivity index (χ4n) is 6.43. The molecule has 0 aliphatic heterocycles. The van der Waals surface area contributed by atoms with Crippen molar-refractivity contribution in [2.45, 2.75) is 245 Å². The van der Waals surface area contributed by atoms with Gasteiger partial charge in [0.15, 0.2) is 0 Å².